The van der Waals surface area contributed by atoms with E-state index in [4.69, 9.17) is 15.2 Å². The smallest absolute Gasteiger partial charge is 0.227 e. The van der Waals surface area contributed by atoms with E-state index in [-0.39, 0.29) is 18.3 Å². The van der Waals surface area contributed by atoms with Crippen molar-refractivity contribution in [3.05, 3.63) is 59.7 Å². The number of aryl methyl sites for hydroxylation is 1. The predicted octanol–water partition coefficient (Wildman–Crippen LogP) is 3.58. The number of carbonyl (C=O) groups excluding carboxylic acids is 1. The summed E-state index contributed by atoms with van der Waals surface area (Å²) in [4.78, 5) is 12.8. The lowest BCUT2D eigenvalue weighted by Crippen LogP contribution is -2.48. The summed E-state index contributed by atoms with van der Waals surface area (Å²) >= 11 is 0. The number of hydrogen-bond donors (Lipinski definition) is 2. The first-order chi connectivity index (χ1) is 12.6. The molecule has 0 atom stereocenters. The van der Waals surface area contributed by atoms with Crippen LogP contribution in [0.2, 0.25) is 0 Å². The Morgan fingerprint density at radius 3 is 2.41 bits per heavy atom. The molecular formula is C21H27ClN2O3. The van der Waals surface area contributed by atoms with Gasteiger partial charge >= 0.3 is 0 Å². The maximum absolute atomic E-state index is 12.8. The molecule has 5 nitrogen and oxygen atoms in total. The molecule has 2 aromatic rings. The van der Waals surface area contributed by atoms with Gasteiger partial charge in [-0.3, -0.25) is 4.79 Å². The number of para-hydroxylation sites is 2. The summed E-state index contributed by atoms with van der Waals surface area (Å²) in [5.41, 5.74) is 7.39. The van der Waals surface area contributed by atoms with Gasteiger partial charge in [0.25, 0.3) is 0 Å². The Kier molecular flexibility index (Phi) is 7.66. The lowest BCUT2D eigenvalue weighted by molar-refractivity contribution is -0.136. The normalized spacial score (nSPS) is 15.5. The van der Waals surface area contributed by atoms with Gasteiger partial charge in [0.1, 0.15) is 11.5 Å². The molecule has 0 aromatic heterocycles. The van der Waals surface area contributed by atoms with Crippen LogP contribution in [-0.4, -0.2) is 25.7 Å². The van der Waals surface area contributed by atoms with Crippen LogP contribution in [0.15, 0.2) is 48.5 Å². The van der Waals surface area contributed by atoms with Crippen molar-refractivity contribution in [1.29, 1.82) is 0 Å². The molecular weight excluding hydrogens is 364 g/mol. The topological polar surface area (TPSA) is 73.6 Å². The Morgan fingerprint density at radius 1 is 1.11 bits per heavy atom. The van der Waals surface area contributed by atoms with Crippen LogP contribution in [-0.2, 0) is 16.1 Å². The van der Waals surface area contributed by atoms with Crippen molar-refractivity contribution in [2.75, 3.05) is 19.8 Å². The highest BCUT2D eigenvalue weighted by Gasteiger charge is 2.38. The van der Waals surface area contributed by atoms with E-state index >= 15 is 0 Å². The quantitative estimate of drug-likeness (QED) is 0.790. The third-order valence-electron chi connectivity index (χ3n) is 5.05. The Hall–Kier alpha value is -2.08. The van der Waals surface area contributed by atoms with E-state index in [1.807, 2.05) is 55.5 Å². The average Bonchev–Trinajstić information content (AvgIpc) is 2.69. The van der Waals surface area contributed by atoms with Gasteiger partial charge in [0.2, 0.25) is 5.91 Å². The Morgan fingerprint density at radius 2 is 1.74 bits per heavy atom. The zero-order chi connectivity index (χ0) is 18.4. The molecule has 1 fully saturated rings. The van der Waals surface area contributed by atoms with E-state index < -0.39 is 5.41 Å². The van der Waals surface area contributed by atoms with Gasteiger partial charge in [0, 0.05) is 31.9 Å². The minimum absolute atomic E-state index is 0. The molecule has 27 heavy (non-hydrogen) atoms. The van der Waals surface area contributed by atoms with Crippen molar-refractivity contribution in [2.24, 2.45) is 11.1 Å². The number of benzene rings is 2. The highest BCUT2D eigenvalue weighted by Crippen LogP contribution is 2.31. The summed E-state index contributed by atoms with van der Waals surface area (Å²) in [6.07, 6.45) is 1.33. The van der Waals surface area contributed by atoms with Gasteiger partial charge in [-0.25, -0.2) is 0 Å². The summed E-state index contributed by atoms with van der Waals surface area (Å²) < 4.78 is 11.5. The third kappa shape index (κ3) is 5.01. The number of ether oxygens (including phenoxy) is 2. The largest absolute Gasteiger partial charge is 0.457 e. The van der Waals surface area contributed by atoms with Crippen LogP contribution in [0, 0.1) is 12.3 Å². The number of rotatable bonds is 6. The van der Waals surface area contributed by atoms with E-state index in [9.17, 15) is 4.79 Å². The average molecular weight is 391 g/mol. The number of nitrogens with two attached hydrogens (primary N) is 1. The Bertz CT molecular complexity index is 761. The molecule has 0 radical (unpaired) electrons. The van der Waals surface area contributed by atoms with Crippen LogP contribution in [0.4, 0.5) is 0 Å². The lowest BCUT2D eigenvalue weighted by Gasteiger charge is -2.34. The van der Waals surface area contributed by atoms with Gasteiger partial charge in [-0.1, -0.05) is 36.4 Å². The number of hydrogen-bond acceptors (Lipinski definition) is 4. The molecule has 0 bridgehead atoms. The van der Waals surface area contributed by atoms with Crippen LogP contribution in [0.3, 0.4) is 0 Å². The van der Waals surface area contributed by atoms with Gasteiger partial charge < -0.3 is 20.5 Å². The first-order valence-electron chi connectivity index (χ1n) is 9.02. The number of halogens is 1. The van der Waals surface area contributed by atoms with Crippen molar-refractivity contribution < 1.29 is 14.3 Å². The summed E-state index contributed by atoms with van der Waals surface area (Å²) in [5, 5.41) is 3.05. The maximum Gasteiger partial charge on any atom is 0.227 e. The van der Waals surface area contributed by atoms with Gasteiger partial charge in [-0.2, -0.15) is 0 Å². The number of amides is 1. The fourth-order valence-corrected chi connectivity index (χ4v) is 3.19. The van der Waals surface area contributed by atoms with Crippen LogP contribution in [0.5, 0.6) is 11.5 Å². The van der Waals surface area contributed by atoms with E-state index in [1.54, 1.807) is 0 Å². The summed E-state index contributed by atoms with van der Waals surface area (Å²) in [7, 11) is 0. The highest BCUT2D eigenvalue weighted by atomic mass is 35.5. The fourth-order valence-electron chi connectivity index (χ4n) is 3.19. The fraction of sp³-hybridized carbons (Fsp3) is 0.381. The van der Waals surface area contributed by atoms with E-state index in [2.05, 4.69) is 5.32 Å². The zero-order valence-corrected chi connectivity index (χ0v) is 16.4. The molecule has 1 amide bonds. The van der Waals surface area contributed by atoms with E-state index in [0.717, 1.165) is 22.6 Å². The van der Waals surface area contributed by atoms with Gasteiger partial charge in [-0.15, -0.1) is 12.4 Å². The molecule has 0 saturated carbocycles. The van der Waals surface area contributed by atoms with Crippen LogP contribution in [0.1, 0.15) is 24.0 Å². The molecule has 1 saturated heterocycles. The monoisotopic (exact) mass is 390 g/mol. The molecule has 6 heteroatoms. The highest BCUT2D eigenvalue weighted by molar-refractivity contribution is 5.85. The summed E-state index contributed by atoms with van der Waals surface area (Å²) in [5.74, 6) is 1.55. The van der Waals surface area contributed by atoms with Crippen LogP contribution < -0.4 is 15.8 Å². The van der Waals surface area contributed by atoms with Crippen LogP contribution >= 0.6 is 12.4 Å². The standard InChI is InChI=1S/C21H26N2O3.ClH/c1-16-6-2-4-8-18(16)26-19-9-5-3-7-17(19)14-23-20(24)21(15-22)10-12-25-13-11-21;/h2-9H,10-15,22H2,1H3,(H,23,24);1H. The third-order valence-corrected chi connectivity index (χ3v) is 5.05. The molecule has 0 aliphatic carbocycles. The molecule has 1 aliphatic rings. The Balaban J connectivity index is 0.00000261. The maximum atomic E-state index is 12.8. The molecule has 3 rings (SSSR count). The van der Waals surface area contributed by atoms with E-state index in [0.29, 0.717) is 39.1 Å². The predicted molar refractivity (Wildman–Crippen MR) is 108 cm³/mol. The number of nitrogens with one attached hydrogen (secondary N) is 1. The molecule has 0 unspecified atom stereocenters. The second-order valence-electron chi connectivity index (χ2n) is 6.75. The molecule has 2 aromatic carbocycles. The van der Waals surface area contributed by atoms with Crippen molar-refractivity contribution in [2.45, 2.75) is 26.3 Å². The minimum Gasteiger partial charge on any atom is -0.457 e. The van der Waals surface area contributed by atoms with Gasteiger partial charge in [0.15, 0.2) is 0 Å². The summed E-state index contributed by atoms with van der Waals surface area (Å²) in [6.45, 7) is 3.91. The summed E-state index contributed by atoms with van der Waals surface area (Å²) in [6, 6.07) is 15.6. The van der Waals surface area contributed by atoms with Gasteiger partial charge in [-0.05, 0) is 37.5 Å². The number of carbonyl (C=O) groups is 1. The van der Waals surface area contributed by atoms with E-state index in [1.165, 1.54) is 0 Å². The van der Waals surface area contributed by atoms with Crippen molar-refractivity contribution in [3.63, 3.8) is 0 Å². The van der Waals surface area contributed by atoms with Gasteiger partial charge in [0.05, 0.1) is 5.41 Å². The molecule has 146 valence electrons. The molecule has 0 spiro atoms. The molecule has 1 aliphatic heterocycles. The van der Waals surface area contributed by atoms with Crippen molar-refractivity contribution in [3.8, 4) is 11.5 Å². The first-order valence-corrected chi connectivity index (χ1v) is 9.02. The second-order valence-corrected chi connectivity index (χ2v) is 6.75. The van der Waals surface area contributed by atoms with Crippen LogP contribution in [0.25, 0.3) is 0 Å². The second kappa shape index (κ2) is 9.74. The first kappa shape index (κ1) is 21.2. The zero-order valence-electron chi connectivity index (χ0n) is 15.6. The van der Waals surface area contributed by atoms with Crippen molar-refractivity contribution in [1.82, 2.24) is 5.32 Å². The SMILES string of the molecule is Cc1ccccc1Oc1ccccc1CNC(=O)C1(CN)CCOCC1.Cl. The Labute approximate surface area is 166 Å². The molecule has 1 heterocycles. The lowest BCUT2D eigenvalue weighted by atomic mass is 9.79. The minimum atomic E-state index is -0.524. The molecule has 3 N–H and O–H groups in total. The van der Waals surface area contributed by atoms with Crippen molar-refractivity contribution >= 4 is 18.3 Å².